The first-order chi connectivity index (χ1) is 14.6. The van der Waals surface area contributed by atoms with E-state index in [0.29, 0.717) is 44.1 Å². The van der Waals surface area contributed by atoms with Gasteiger partial charge in [0.1, 0.15) is 11.6 Å². The van der Waals surface area contributed by atoms with Crippen molar-refractivity contribution in [1.29, 1.82) is 0 Å². The fourth-order valence-electron chi connectivity index (χ4n) is 4.05. The van der Waals surface area contributed by atoms with E-state index in [1.807, 2.05) is 12.3 Å². The van der Waals surface area contributed by atoms with Crippen LogP contribution < -0.4 is 4.90 Å². The molecule has 0 radical (unpaired) electrons. The number of hydrogen-bond donors (Lipinski definition) is 0. The number of carbonyl (C=O) groups excluding carboxylic acids is 1. The molecule has 1 fully saturated rings. The van der Waals surface area contributed by atoms with Crippen molar-refractivity contribution in [2.45, 2.75) is 18.9 Å². The molecule has 1 atom stereocenters. The molecule has 1 aliphatic carbocycles. The van der Waals surface area contributed by atoms with E-state index in [1.165, 1.54) is 17.1 Å². The molecule has 9 heteroatoms. The van der Waals surface area contributed by atoms with Crippen LogP contribution in [-0.4, -0.2) is 58.3 Å². The van der Waals surface area contributed by atoms with Crippen LogP contribution in [0.4, 0.5) is 19.5 Å². The molecule has 3 aliphatic rings. The molecule has 3 heterocycles. The summed E-state index contributed by atoms with van der Waals surface area (Å²) in [7, 11) is 0. The van der Waals surface area contributed by atoms with E-state index < -0.39 is 17.7 Å². The number of benzene rings is 1. The van der Waals surface area contributed by atoms with E-state index in [0.717, 1.165) is 23.7 Å². The highest BCUT2D eigenvalue weighted by molar-refractivity contribution is 5.78. The van der Waals surface area contributed by atoms with E-state index in [-0.39, 0.29) is 6.03 Å². The molecule has 0 N–H and O–H groups in total. The number of fused-ring (bicyclic) bond motifs is 1. The second-order valence-electron chi connectivity index (χ2n) is 7.53. The van der Waals surface area contributed by atoms with Gasteiger partial charge in [0.25, 0.3) is 0 Å². The first-order valence-corrected chi connectivity index (χ1v) is 9.92. The number of hydrogen-bond acceptors (Lipinski definition) is 5. The van der Waals surface area contributed by atoms with Crippen LogP contribution in [0.2, 0.25) is 0 Å². The third-order valence-corrected chi connectivity index (χ3v) is 5.62. The Hall–Kier alpha value is -3.36. The van der Waals surface area contributed by atoms with Crippen LogP contribution in [0.3, 0.4) is 0 Å². The number of amides is 2. The molecule has 7 nitrogen and oxygen atoms in total. The zero-order valence-electron chi connectivity index (χ0n) is 16.2. The van der Waals surface area contributed by atoms with Crippen LogP contribution in [0.15, 0.2) is 35.6 Å². The molecule has 2 aromatic rings. The van der Waals surface area contributed by atoms with E-state index in [2.05, 4.69) is 26.0 Å². The van der Waals surface area contributed by atoms with Gasteiger partial charge in [-0.2, -0.15) is 5.10 Å². The monoisotopic (exact) mass is 410 g/mol. The predicted molar refractivity (Wildman–Crippen MR) is 108 cm³/mol. The van der Waals surface area contributed by atoms with Crippen molar-refractivity contribution in [2.75, 3.05) is 31.1 Å². The van der Waals surface area contributed by atoms with Crippen LogP contribution in [0.25, 0.3) is 6.08 Å². The third kappa shape index (κ3) is 3.40. The molecule has 2 aliphatic heterocycles. The van der Waals surface area contributed by atoms with E-state index in [9.17, 15) is 13.6 Å². The lowest BCUT2D eigenvalue weighted by atomic mass is 10.0. The minimum absolute atomic E-state index is 0.267. The number of allylic oxidation sites excluding steroid dienone is 1. The summed E-state index contributed by atoms with van der Waals surface area (Å²) in [6, 6.07) is 2.55. The van der Waals surface area contributed by atoms with Crippen LogP contribution in [0.1, 0.15) is 29.3 Å². The summed E-state index contributed by atoms with van der Waals surface area (Å²) in [5.74, 6) is -0.651. The summed E-state index contributed by atoms with van der Waals surface area (Å²) in [5.41, 5.74) is 2.48. The second kappa shape index (κ2) is 7.47. The van der Waals surface area contributed by atoms with Crippen molar-refractivity contribution in [3.63, 3.8) is 0 Å². The van der Waals surface area contributed by atoms with Gasteiger partial charge in [-0.3, -0.25) is 0 Å². The number of halogens is 2. The number of rotatable bonds is 2. The summed E-state index contributed by atoms with van der Waals surface area (Å²) >= 11 is 0. The Labute approximate surface area is 172 Å². The second-order valence-corrected chi connectivity index (χ2v) is 7.53. The predicted octanol–water partition coefficient (Wildman–Crippen LogP) is 3.00. The maximum absolute atomic E-state index is 13.6. The summed E-state index contributed by atoms with van der Waals surface area (Å²) < 4.78 is 27.3. The third-order valence-electron chi connectivity index (χ3n) is 5.62. The van der Waals surface area contributed by atoms with Crippen molar-refractivity contribution in [3.8, 4) is 0 Å². The maximum atomic E-state index is 13.6. The molecule has 1 aromatic carbocycles. The minimum atomic E-state index is -0.664. The molecule has 30 heavy (non-hydrogen) atoms. The number of nitrogens with zero attached hydrogens (tertiary/aromatic N) is 6. The van der Waals surface area contributed by atoms with Gasteiger partial charge in [-0.1, -0.05) is 12.2 Å². The van der Waals surface area contributed by atoms with Gasteiger partial charge in [0.2, 0.25) is 5.95 Å². The van der Waals surface area contributed by atoms with Gasteiger partial charge >= 0.3 is 6.03 Å². The number of urea groups is 1. The van der Waals surface area contributed by atoms with E-state index in [4.69, 9.17) is 0 Å². The molecule has 1 aromatic heterocycles. The van der Waals surface area contributed by atoms with Crippen molar-refractivity contribution in [3.05, 3.63) is 58.9 Å². The molecule has 0 spiro atoms. The normalized spacial score (nSPS) is 20.2. The summed E-state index contributed by atoms with van der Waals surface area (Å²) in [4.78, 5) is 25.9. The number of piperazine rings is 1. The standard InChI is InChI=1S/C21H20F2N6O/c22-16-10-15(11-17(23)12-16)19-4-5-25-29(19)21(30)28-8-6-27(7-9-28)20-24-13-14-2-1-3-18(14)26-20/h1-2,5,10-13,19H,3-4,6-9H2/t19-/m0/s1. The molecule has 2 amide bonds. The molecule has 0 unspecified atom stereocenters. The van der Waals surface area contributed by atoms with Gasteiger partial charge in [-0.05, 0) is 17.7 Å². The molecular formula is C21H20F2N6O. The fourth-order valence-corrected chi connectivity index (χ4v) is 4.05. The topological polar surface area (TPSA) is 64.9 Å². The Balaban J connectivity index is 1.25. The number of anilines is 1. The average molecular weight is 410 g/mol. The zero-order chi connectivity index (χ0) is 20.7. The zero-order valence-corrected chi connectivity index (χ0v) is 16.2. The summed E-state index contributed by atoms with van der Waals surface area (Å²) in [5, 5.41) is 5.49. The van der Waals surface area contributed by atoms with Crippen LogP contribution in [0, 0.1) is 11.6 Å². The Morgan fingerprint density at radius 1 is 1.07 bits per heavy atom. The maximum Gasteiger partial charge on any atom is 0.341 e. The van der Waals surface area contributed by atoms with E-state index in [1.54, 1.807) is 11.1 Å². The van der Waals surface area contributed by atoms with Gasteiger partial charge in [0, 0.05) is 63.1 Å². The largest absolute Gasteiger partial charge is 0.341 e. The van der Waals surface area contributed by atoms with Crippen molar-refractivity contribution in [1.82, 2.24) is 19.9 Å². The Morgan fingerprint density at radius 2 is 1.83 bits per heavy atom. The van der Waals surface area contributed by atoms with E-state index >= 15 is 0 Å². The number of carbonyl (C=O) groups is 1. The molecule has 154 valence electrons. The van der Waals surface area contributed by atoms with Crippen molar-refractivity contribution < 1.29 is 13.6 Å². The number of aromatic nitrogens is 2. The summed E-state index contributed by atoms with van der Waals surface area (Å²) in [6.45, 7) is 2.20. The molecule has 0 saturated carbocycles. The molecule has 1 saturated heterocycles. The van der Waals surface area contributed by atoms with Crippen LogP contribution in [0.5, 0.6) is 0 Å². The lowest BCUT2D eigenvalue weighted by Gasteiger charge is -2.37. The SMILES string of the molecule is O=C(N1CCN(c2ncc3c(n2)CC=C3)CC1)N1N=CC[C@H]1c1cc(F)cc(F)c1. The van der Waals surface area contributed by atoms with Gasteiger partial charge in [0.05, 0.1) is 11.7 Å². The minimum Gasteiger partial charge on any atom is -0.337 e. The van der Waals surface area contributed by atoms with Crippen molar-refractivity contribution >= 4 is 24.3 Å². The smallest absolute Gasteiger partial charge is 0.337 e. The van der Waals surface area contributed by atoms with Gasteiger partial charge in [-0.15, -0.1) is 0 Å². The van der Waals surface area contributed by atoms with Crippen molar-refractivity contribution in [2.24, 2.45) is 5.10 Å². The first kappa shape index (κ1) is 18.7. The quantitative estimate of drug-likeness (QED) is 0.764. The highest BCUT2D eigenvalue weighted by Gasteiger charge is 2.34. The van der Waals surface area contributed by atoms with Crippen LogP contribution >= 0.6 is 0 Å². The fraction of sp³-hybridized carbons (Fsp3) is 0.333. The molecule has 0 bridgehead atoms. The Morgan fingerprint density at radius 3 is 2.60 bits per heavy atom. The molecular weight excluding hydrogens is 390 g/mol. The van der Waals surface area contributed by atoms with Gasteiger partial charge < -0.3 is 9.80 Å². The van der Waals surface area contributed by atoms with Gasteiger partial charge in [0.15, 0.2) is 0 Å². The first-order valence-electron chi connectivity index (χ1n) is 9.92. The summed E-state index contributed by atoms with van der Waals surface area (Å²) in [6.07, 6.45) is 8.77. The highest BCUT2D eigenvalue weighted by Crippen LogP contribution is 2.30. The lowest BCUT2D eigenvalue weighted by molar-refractivity contribution is 0.139. The average Bonchev–Trinajstić information content (AvgIpc) is 3.41. The number of hydrazone groups is 1. The van der Waals surface area contributed by atoms with Gasteiger partial charge in [-0.25, -0.2) is 28.6 Å². The lowest BCUT2D eigenvalue weighted by Crippen LogP contribution is -2.52. The molecule has 5 rings (SSSR count). The Kier molecular flexibility index (Phi) is 4.65. The highest BCUT2D eigenvalue weighted by atomic mass is 19.1. The Bertz CT molecular complexity index is 1030. The van der Waals surface area contributed by atoms with Crippen LogP contribution in [-0.2, 0) is 6.42 Å².